The highest BCUT2D eigenvalue weighted by Crippen LogP contribution is 2.23. The molecule has 2 rings (SSSR count). The minimum Gasteiger partial charge on any atom is -0.452 e. The number of carbonyl (C=O) groups excluding carboxylic acids is 3. The van der Waals surface area contributed by atoms with Gasteiger partial charge in [0.2, 0.25) is 5.91 Å². The number of nitrogens with zero attached hydrogens (tertiary/aromatic N) is 2. The molecule has 0 aliphatic rings. The van der Waals surface area contributed by atoms with Crippen LogP contribution >= 0.6 is 0 Å². The first-order valence-electron chi connectivity index (χ1n) is 7.81. The number of likely N-dealkylation sites (N-methyl/N-ethyl adjacent to an activating group) is 1. The molecule has 0 saturated carbocycles. The summed E-state index contributed by atoms with van der Waals surface area (Å²) in [5.74, 6) is -1.39. The van der Waals surface area contributed by atoms with E-state index in [1.54, 1.807) is 21.0 Å². The first-order chi connectivity index (χ1) is 11.8. The number of fused-ring (bicyclic) bond motifs is 1. The Hall–Kier alpha value is -2.96. The number of carbonyl (C=O) groups is 3. The maximum atomic E-state index is 12.4. The zero-order chi connectivity index (χ0) is 18.6. The van der Waals surface area contributed by atoms with Crippen LogP contribution < -0.4 is 5.32 Å². The Balaban J connectivity index is 2.05. The van der Waals surface area contributed by atoms with Gasteiger partial charge in [-0.1, -0.05) is 18.2 Å². The standard InChI is InChI=1S/C18H21N3O4/c1-11-13-7-5-6-8-14(13)20-12(2)17(11)18(24)25-10-15(22)19-9-16(23)21(3)4/h5-8H,9-10H2,1-4H3,(H,19,22). The van der Waals surface area contributed by atoms with Gasteiger partial charge >= 0.3 is 5.97 Å². The van der Waals surface area contributed by atoms with Gasteiger partial charge in [0.15, 0.2) is 6.61 Å². The van der Waals surface area contributed by atoms with Crippen molar-refractivity contribution in [1.82, 2.24) is 15.2 Å². The molecular formula is C18H21N3O4. The fourth-order valence-electron chi connectivity index (χ4n) is 2.42. The Bertz CT molecular complexity index is 830. The number of esters is 1. The van der Waals surface area contributed by atoms with Crippen molar-refractivity contribution in [2.45, 2.75) is 13.8 Å². The summed E-state index contributed by atoms with van der Waals surface area (Å²) >= 11 is 0. The first kappa shape index (κ1) is 18.4. The first-order valence-corrected chi connectivity index (χ1v) is 7.81. The van der Waals surface area contributed by atoms with Gasteiger partial charge < -0.3 is 15.0 Å². The van der Waals surface area contributed by atoms with Crippen LogP contribution in [0.5, 0.6) is 0 Å². The summed E-state index contributed by atoms with van der Waals surface area (Å²) in [5.41, 5.74) is 2.46. The molecule has 2 aromatic rings. The third-order valence-electron chi connectivity index (χ3n) is 3.81. The van der Waals surface area contributed by atoms with E-state index in [0.29, 0.717) is 11.3 Å². The SMILES string of the molecule is Cc1nc2ccccc2c(C)c1C(=O)OCC(=O)NCC(=O)N(C)C. The zero-order valence-corrected chi connectivity index (χ0v) is 14.8. The second-order valence-electron chi connectivity index (χ2n) is 5.86. The number of pyridine rings is 1. The van der Waals surface area contributed by atoms with Gasteiger partial charge in [0, 0.05) is 19.5 Å². The quantitative estimate of drug-likeness (QED) is 0.825. The summed E-state index contributed by atoms with van der Waals surface area (Å²) in [6, 6.07) is 7.51. The predicted octanol–water partition coefficient (Wildman–Crippen LogP) is 1.21. The van der Waals surface area contributed by atoms with E-state index < -0.39 is 18.5 Å². The Morgan fingerprint density at radius 3 is 2.52 bits per heavy atom. The smallest absolute Gasteiger partial charge is 0.340 e. The van der Waals surface area contributed by atoms with Gasteiger partial charge in [-0.3, -0.25) is 14.6 Å². The number of nitrogens with one attached hydrogen (secondary N) is 1. The summed E-state index contributed by atoms with van der Waals surface area (Å²) in [6.45, 7) is 2.96. The summed E-state index contributed by atoms with van der Waals surface area (Å²) in [5, 5.41) is 3.27. The number of ether oxygens (including phenoxy) is 1. The monoisotopic (exact) mass is 343 g/mol. The molecule has 0 spiro atoms. The molecule has 1 heterocycles. The van der Waals surface area contributed by atoms with E-state index in [1.807, 2.05) is 31.2 Å². The van der Waals surface area contributed by atoms with Gasteiger partial charge in [-0.25, -0.2) is 4.79 Å². The highest BCUT2D eigenvalue weighted by molar-refractivity contribution is 5.99. The van der Waals surface area contributed by atoms with Gasteiger partial charge in [0.25, 0.3) is 5.91 Å². The summed E-state index contributed by atoms with van der Waals surface area (Å²) in [4.78, 5) is 41.3. The lowest BCUT2D eigenvalue weighted by atomic mass is 10.0. The number of hydrogen-bond donors (Lipinski definition) is 1. The van der Waals surface area contributed by atoms with Crippen molar-refractivity contribution < 1.29 is 19.1 Å². The topological polar surface area (TPSA) is 88.6 Å². The second-order valence-corrected chi connectivity index (χ2v) is 5.86. The maximum absolute atomic E-state index is 12.4. The molecule has 25 heavy (non-hydrogen) atoms. The minimum absolute atomic E-state index is 0.140. The molecule has 1 aromatic heterocycles. The molecule has 7 heteroatoms. The average molecular weight is 343 g/mol. The molecule has 0 aliphatic heterocycles. The van der Waals surface area contributed by atoms with Gasteiger partial charge in [-0.2, -0.15) is 0 Å². The van der Waals surface area contributed by atoms with E-state index in [1.165, 1.54) is 4.90 Å². The van der Waals surface area contributed by atoms with Crippen molar-refractivity contribution in [2.75, 3.05) is 27.2 Å². The lowest BCUT2D eigenvalue weighted by Gasteiger charge is -2.13. The van der Waals surface area contributed by atoms with Gasteiger partial charge in [0.1, 0.15) is 0 Å². The summed E-state index contributed by atoms with van der Waals surface area (Å²) in [7, 11) is 3.18. The minimum atomic E-state index is -0.609. The van der Waals surface area contributed by atoms with Gasteiger partial charge in [0.05, 0.1) is 23.3 Å². The molecule has 0 unspecified atom stereocenters. The van der Waals surface area contributed by atoms with Gasteiger partial charge in [-0.05, 0) is 25.5 Å². The number of amides is 2. The molecule has 132 valence electrons. The van der Waals surface area contributed by atoms with Crippen LogP contribution in [0.15, 0.2) is 24.3 Å². The Morgan fingerprint density at radius 2 is 1.84 bits per heavy atom. The van der Waals surface area contributed by atoms with Gasteiger partial charge in [-0.15, -0.1) is 0 Å². The highest BCUT2D eigenvalue weighted by Gasteiger charge is 2.19. The molecule has 0 fully saturated rings. The number of aryl methyl sites for hydroxylation is 2. The zero-order valence-electron chi connectivity index (χ0n) is 14.8. The van der Waals surface area contributed by atoms with Crippen LogP contribution in [0, 0.1) is 13.8 Å². The van der Waals surface area contributed by atoms with Crippen LogP contribution in [0.25, 0.3) is 10.9 Å². The lowest BCUT2D eigenvalue weighted by Crippen LogP contribution is -2.38. The Kier molecular flexibility index (Phi) is 5.69. The number of para-hydroxylation sites is 1. The average Bonchev–Trinajstić information content (AvgIpc) is 2.57. The van der Waals surface area contributed by atoms with E-state index in [0.717, 1.165) is 16.5 Å². The van der Waals surface area contributed by atoms with Crippen LogP contribution in [-0.4, -0.2) is 54.9 Å². The normalized spacial score (nSPS) is 10.4. The van der Waals surface area contributed by atoms with Crippen molar-refractivity contribution >= 4 is 28.7 Å². The largest absolute Gasteiger partial charge is 0.452 e. The summed E-state index contributed by atoms with van der Waals surface area (Å²) in [6.07, 6.45) is 0. The molecule has 0 atom stereocenters. The van der Waals surface area contributed by atoms with E-state index in [4.69, 9.17) is 4.74 Å². The number of hydrogen-bond acceptors (Lipinski definition) is 5. The number of aromatic nitrogens is 1. The van der Waals surface area contributed by atoms with Crippen LogP contribution in [0.1, 0.15) is 21.6 Å². The predicted molar refractivity (Wildman–Crippen MR) is 93.2 cm³/mol. The van der Waals surface area contributed by atoms with Crippen LogP contribution in [-0.2, 0) is 14.3 Å². The number of rotatable bonds is 5. The molecule has 0 bridgehead atoms. The molecule has 0 saturated heterocycles. The fourth-order valence-corrected chi connectivity index (χ4v) is 2.42. The van der Waals surface area contributed by atoms with Crippen molar-refractivity contribution in [3.8, 4) is 0 Å². The van der Waals surface area contributed by atoms with Crippen molar-refractivity contribution in [2.24, 2.45) is 0 Å². The molecule has 1 N–H and O–H groups in total. The van der Waals surface area contributed by atoms with Crippen LogP contribution in [0.4, 0.5) is 0 Å². The van der Waals surface area contributed by atoms with E-state index in [-0.39, 0.29) is 12.5 Å². The Morgan fingerprint density at radius 1 is 1.16 bits per heavy atom. The Labute approximate surface area is 146 Å². The maximum Gasteiger partial charge on any atom is 0.340 e. The highest BCUT2D eigenvalue weighted by atomic mass is 16.5. The fraction of sp³-hybridized carbons (Fsp3) is 0.333. The van der Waals surface area contributed by atoms with E-state index >= 15 is 0 Å². The van der Waals surface area contributed by atoms with Crippen molar-refractivity contribution in [3.63, 3.8) is 0 Å². The molecule has 1 aromatic carbocycles. The third kappa shape index (κ3) is 4.32. The third-order valence-corrected chi connectivity index (χ3v) is 3.81. The van der Waals surface area contributed by atoms with E-state index in [9.17, 15) is 14.4 Å². The molecule has 2 amide bonds. The molecule has 7 nitrogen and oxygen atoms in total. The lowest BCUT2D eigenvalue weighted by molar-refractivity contribution is -0.131. The molecule has 0 aliphatic carbocycles. The van der Waals surface area contributed by atoms with E-state index in [2.05, 4.69) is 10.3 Å². The van der Waals surface area contributed by atoms with Crippen LogP contribution in [0.2, 0.25) is 0 Å². The number of benzene rings is 1. The second kappa shape index (κ2) is 7.74. The van der Waals surface area contributed by atoms with Crippen molar-refractivity contribution in [1.29, 1.82) is 0 Å². The van der Waals surface area contributed by atoms with Crippen molar-refractivity contribution in [3.05, 3.63) is 41.1 Å². The summed E-state index contributed by atoms with van der Waals surface area (Å²) < 4.78 is 5.08. The molecule has 0 radical (unpaired) electrons. The molecular weight excluding hydrogens is 322 g/mol. The van der Waals surface area contributed by atoms with Crippen LogP contribution in [0.3, 0.4) is 0 Å².